The van der Waals surface area contributed by atoms with Crippen molar-refractivity contribution in [2.24, 2.45) is 5.92 Å². The molecule has 0 aromatic carbocycles. The van der Waals surface area contributed by atoms with E-state index in [0.717, 1.165) is 38.0 Å². The maximum Gasteiger partial charge on any atom is 0.326 e. The molecule has 0 saturated heterocycles. The summed E-state index contributed by atoms with van der Waals surface area (Å²) in [5.41, 5.74) is -0.480. The molecule has 0 spiro atoms. The Kier molecular flexibility index (Phi) is 7.18. The predicted octanol–water partition coefficient (Wildman–Crippen LogP) is 1.81. The Bertz CT molecular complexity index is 288. The Morgan fingerprint density at radius 2 is 2.37 bits per heavy atom. The summed E-state index contributed by atoms with van der Waals surface area (Å²) in [6, 6.07) is 0. The molecule has 0 amide bonds. The minimum Gasteiger partial charge on any atom is -0.468 e. The number of nitrogens with one attached hydrogen (secondary N) is 1. The van der Waals surface area contributed by atoms with Gasteiger partial charge in [-0.15, -0.1) is 0 Å². The van der Waals surface area contributed by atoms with Crippen LogP contribution in [0.1, 0.15) is 39.5 Å². The monoisotopic (exact) mass is 289 g/mol. The molecule has 1 saturated carbocycles. The van der Waals surface area contributed by atoms with Crippen molar-refractivity contribution in [3.63, 3.8) is 0 Å². The molecule has 5 heteroatoms. The fraction of sp³-hybridized carbons (Fsp3) is 0.929. The number of thioether (sulfide) groups is 1. The van der Waals surface area contributed by atoms with Crippen LogP contribution in [0.25, 0.3) is 0 Å². The van der Waals surface area contributed by atoms with Gasteiger partial charge in [-0.05, 0) is 37.5 Å². The number of aliphatic hydroxyl groups is 1. The summed E-state index contributed by atoms with van der Waals surface area (Å²) in [7, 11) is 1.47. The second-order valence-electron chi connectivity index (χ2n) is 5.24. The first-order valence-electron chi connectivity index (χ1n) is 7.16. The lowest BCUT2D eigenvalue weighted by atomic mass is 9.85. The molecule has 0 aromatic rings. The van der Waals surface area contributed by atoms with E-state index in [1.165, 1.54) is 7.11 Å². The van der Waals surface area contributed by atoms with Crippen LogP contribution in [0.4, 0.5) is 0 Å². The fourth-order valence-electron chi connectivity index (χ4n) is 3.00. The molecule has 2 N–H and O–H groups in total. The smallest absolute Gasteiger partial charge is 0.326 e. The summed E-state index contributed by atoms with van der Waals surface area (Å²) in [5.74, 6) is 1.21. The lowest BCUT2D eigenvalue weighted by molar-refractivity contribution is -0.150. The summed E-state index contributed by atoms with van der Waals surface area (Å²) < 4.78 is 5.02. The van der Waals surface area contributed by atoms with Crippen molar-refractivity contribution in [1.29, 1.82) is 0 Å². The summed E-state index contributed by atoms with van der Waals surface area (Å²) in [4.78, 5) is 12.2. The molecule has 1 aliphatic carbocycles. The van der Waals surface area contributed by atoms with E-state index < -0.39 is 5.54 Å². The highest BCUT2D eigenvalue weighted by Gasteiger charge is 2.48. The van der Waals surface area contributed by atoms with Crippen molar-refractivity contribution in [1.82, 2.24) is 5.32 Å². The van der Waals surface area contributed by atoms with Gasteiger partial charge in [0.05, 0.1) is 13.7 Å². The highest BCUT2D eigenvalue weighted by atomic mass is 32.2. The number of esters is 1. The molecule has 112 valence electrons. The lowest BCUT2D eigenvalue weighted by Crippen LogP contribution is -2.55. The number of rotatable bonds is 8. The molecule has 19 heavy (non-hydrogen) atoms. The van der Waals surface area contributed by atoms with E-state index in [1.54, 1.807) is 11.8 Å². The molecule has 3 atom stereocenters. The van der Waals surface area contributed by atoms with Gasteiger partial charge >= 0.3 is 5.97 Å². The summed E-state index contributed by atoms with van der Waals surface area (Å²) in [5, 5.41) is 12.7. The quantitative estimate of drug-likeness (QED) is 0.667. The fourth-order valence-corrected chi connectivity index (χ4v) is 3.93. The van der Waals surface area contributed by atoms with Gasteiger partial charge in [0.2, 0.25) is 0 Å². The Balaban J connectivity index is 2.61. The van der Waals surface area contributed by atoms with Crippen molar-refractivity contribution >= 4 is 17.7 Å². The first-order valence-corrected chi connectivity index (χ1v) is 8.21. The first-order chi connectivity index (χ1) is 9.10. The van der Waals surface area contributed by atoms with Crippen molar-refractivity contribution in [2.75, 3.05) is 26.0 Å². The molecule has 1 rings (SSSR count). The van der Waals surface area contributed by atoms with Crippen molar-refractivity contribution in [2.45, 2.75) is 50.3 Å². The Morgan fingerprint density at radius 3 is 2.95 bits per heavy atom. The van der Waals surface area contributed by atoms with E-state index in [4.69, 9.17) is 9.84 Å². The van der Waals surface area contributed by atoms with Gasteiger partial charge in [0, 0.05) is 5.25 Å². The van der Waals surface area contributed by atoms with Crippen molar-refractivity contribution in [3.05, 3.63) is 0 Å². The molecule has 1 aliphatic rings. The van der Waals surface area contributed by atoms with Gasteiger partial charge in [0.25, 0.3) is 0 Å². The number of carbonyl (C=O) groups excluding carboxylic acids is 1. The molecule has 0 bridgehead atoms. The van der Waals surface area contributed by atoms with Gasteiger partial charge in [-0.25, -0.2) is 0 Å². The lowest BCUT2D eigenvalue weighted by Gasteiger charge is -2.33. The van der Waals surface area contributed by atoms with Crippen LogP contribution in [0.2, 0.25) is 0 Å². The molecule has 0 aliphatic heterocycles. The topological polar surface area (TPSA) is 58.6 Å². The Hall–Kier alpha value is -0.260. The van der Waals surface area contributed by atoms with Gasteiger partial charge in [0.15, 0.2) is 0 Å². The average molecular weight is 289 g/mol. The molecular weight excluding hydrogens is 262 g/mol. The molecule has 0 radical (unpaired) electrons. The second kappa shape index (κ2) is 8.12. The highest BCUT2D eigenvalue weighted by Crippen LogP contribution is 2.39. The van der Waals surface area contributed by atoms with Crippen LogP contribution in [-0.2, 0) is 9.53 Å². The zero-order valence-corrected chi connectivity index (χ0v) is 13.1. The third kappa shape index (κ3) is 4.10. The van der Waals surface area contributed by atoms with Gasteiger partial charge < -0.3 is 15.2 Å². The number of aliphatic hydroxyl groups excluding tert-OH is 1. The van der Waals surface area contributed by atoms with Crippen molar-refractivity contribution in [3.8, 4) is 0 Å². The van der Waals surface area contributed by atoms with Crippen LogP contribution < -0.4 is 5.32 Å². The normalized spacial score (nSPS) is 28.3. The van der Waals surface area contributed by atoms with Crippen LogP contribution in [0.15, 0.2) is 0 Å². The first kappa shape index (κ1) is 16.8. The van der Waals surface area contributed by atoms with E-state index >= 15 is 0 Å². The Morgan fingerprint density at radius 1 is 1.63 bits per heavy atom. The number of hydrogen-bond acceptors (Lipinski definition) is 5. The van der Waals surface area contributed by atoms with Crippen LogP contribution in [0.5, 0.6) is 0 Å². The van der Waals surface area contributed by atoms with E-state index in [1.807, 2.05) is 13.8 Å². The maximum atomic E-state index is 12.2. The Labute approximate surface area is 120 Å². The zero-order valence-electron chi connectivity index (χ0n) is 12.3. The standard InChI is InChI=1S/C14H27NO3S/c1-4-15-14(13(17)18-3)8-5-6-12(14)7-9-19-11(2)10-16/h11-12,15-16H,4-10H2,1-3H3. The number of hydrogen-bond donors (Lipinski definition) is 2. The van der Waals surface area contributed by atoms with E-state index in [9.17, 15) is 4.79 Å². The predicted molar refractivity (Wildman–Crippen MR) is 79.4 cm³/mol. The summed E-state index contributed by atoms with van der Waals surface area (Å²) in [6.07, 6.45) is 4.03. The SMILES string of the molecule is CCNC1(C(=O)OC)CCCC1CCSC(C)CO. The van der Waals surface area contributed by atoms with E-state index in [2.05, 4.69) is 5.32 Å². The molecule has 0 heterocycles. The number of carbonyl (C=O) groups is 1. The average Bonchev–Trinajstić information content (AvgIpc) is 2.82. The van der Waals surface area contributed by atoms with Crippen LogP contribution in [-0.4, -0.2) is 47.9 Å². The van der Waals surface area contributed by atoms with Crippen LogP contribution >= 0.6 is 11.8 Å². The van der Waals surface area contributed by atoms with Crippen LogP contribution in [0, 0.1) is 5.92 Å². The largest absolute Gasteiger partial charge is 0.468 e. The molecule has 1 fully saturated rings. The molecule has 0 aromatic heterocycles. The third-order valence-corrected chi connectivity index (χ3v) is 5.18. The third-order valence-electron chi connectivity index (χ3n) is 3.99. The minimum atomic E-state index is -0.480. The summed E-state index contributed by atoms with van der Waals surface area (Å²) in [6.45, 7) is 5.05. The van der Waals surface area contributed by atoms with Crippen LogP contribution in [0.3, 0.4) is 0 Å². The van der Waals surface area contributed by atoms with E-state index in [0.29, 0.717) is 5.92 Å². The molecule has 4 nitrogen and oxygen atoms in total. The molecule has 3 unspecified atom stereocenters. The second-order valence-corrected chi connectivity index (χ2v) is 6.78. The van der Waals surface area contributed by atoms with Gasteiger partial charge in [0.1, 0.15) is 5.54 Å². The zero-order chi connectivity index (χ0) is 14.3. The van der Waals surface area contributed by atoms with Gasteiger partial charge in [-0.2, -0.15) is 11.8 Å². The van der Waals surface area contributed by atoms with Crippen molar-refractivity contribution < 1.29 is 14.6 Å². The molecular formula is C14H27NO3S. The maximum absolute atomic E-state index is 12.2. The highest BCUT2D eigenvalue weighted by molar-refractivity contribution is 7.99. The summed E-state index contributed by atoms with van der Waals surface area (Å²) >= 11 is 1.77. The minimum absolute atomic E-state index is 0.114. The number of ether oxygens (including phenoxy) is 1. The van der Waals surface area contributed by atoms with Gasteiger partial charge in [-0.1, -0.05) is 20.3 Å². The van der Waals surface area contributed by atoms with Gasteiger partial charge in [-0.3, -0.25) is 4.79 Å². The van der Waals surface area contributed by atoms with E-state index in [-0.39, 0.29) is 17.8 Å². The number of methoxy groups -OCH3 is 1. The number of likely N-dealkylation sites (N-methyl/N-ethyl adjacent to an activating group) is 1.